The molecule has 5 nitrogen and oxygen atoms in total. The van der Waals surface area contributed by atoms with Gasteiger partial charge in [0.1, 0.15) is 6.61 Å². The van der Waals surface area contributed by atoms with E-state index in [0.29, 0.717) is 8.59 Å². The Hall–Kier alpha value is -1.28. The SMILES string of the molecule is C=CCOC(=O)Nc1cc(Cl)c(I)cc1C(=O)O. The first kappa shape index (κ1) is 14.8. The summed E-state index contributed by atoms with van der Waals surface area (Å²) in [6.07, 6.45) is 0.633. The van der Waals surface area contributed by atoms with Crippen molar-refractivity contribution in [3.63, 3.8) is 0 Å². The first-order valence-electron chi connectivity index (χ1n) is 4.72. The van der Waals surface area contributed by atoms with Gasteiger partial charge in [-0.25, -0.2) is 9.59 Å². The van der Waals surface area contributed by atoms with Crippen molar-refractivity contribution >= 4 is 51.9 Å². The molecule has 7 heteroatoms. The lowest BCUT2D eigenvalue weighted by Crippen LogP contribution is -2.16. The number of carboxylic acids is 1. The number of benzene rings is 1. The van der Waals surface area contributed by atoms with Crippen LogP contribution >= 0.6 is 34.2 Å². The van der Waals surface area contributed by atoms with E-state index in [1.807, 2.05) is 22.6 Å². The van der Waals surface area contributed by atoms with Crippen LogP contribution in [0, 0.1) is 3.57 Å². The number of halogens is 2. The van der Waals surface area contributed by atoms with Gasteiger partial charge in [-0.2, -0.15) is 0 Å². The average molecular weight is 382 g/mol. The summed E-state index contributed by atoms with van der Waals surface area (Å²) >= 11 is 7.77. The first-order valence-corrected chi connectivity index (χ1v) is 6.18. The van der Waals surface area contributed by atoms with E-state index >= 15 is 0 Å². The van der Waals surface area contributed by atoms with Crippen LogP contribution in [0.2, 0.25) is 5.02 Å². The maximum Gasteiger partial charge on any atom is 0.411 e. The lowest BCUT2D eigenvalue weighted by molar-refractivity contribution is 0.0698. The highest BCUT2D eigenvalue weighted by atomic mass is 127. The maximum absolute atomic E-state index is 11.3. The Kier molecular flexibility index (Phi) is 5.42. The zero-order valence-corrected chi connectivity index (χ0v) is 12.0. The number of aromatic carboxylic acids is 1. The predicted octanol–water partition coefficient (Wildman–Crippen LogP) is 3.38. The van der Waals surface area contributed by atoms with Crippen LogP contribution in [0.15, 0.2) is 24.8 Å². The van der Waals surface area contributed by atoms with Gasteiger partial charge >= 0.3 is 12.1 Å². The second-order valence-electron chi connectivity index (χ2n) is 3.13. The first-order chi connectivity index (χ1) is 8.45. The molecule has 0 saturated heterocycles. The van der Waals surface area contributed by atoms with Gasteiger partial charge in [-0.05, 0) is 34.7 Å². The predicted molar refractivity (Wildman–Crippen MR) is 76.3 cm³/mol. The molecule has 0 unspecified atom stereocenters. The van der Waals surface area contributed by atoms with Crippen LogP contribution in [0.25, 0.3) is 0 Å². The number of hydrogen-bond acceptors (Lipinski definition) is 3. The van der Waals surface area contributed by atoms with Gasteiger partial charge < -0.3 is 9.84 Å². The Morgan fingerprint density at radius 3 is 2.78 bits per heavy atom. The molecule has 1 amide bonds. The number of rotatable bonds is 4. The summed E-state index contributed by atoms with van der Waals surface area (Å²) < 4.78 is 5.27. The molecule has 0 aliphatic rings. The summed E-state index contributed by atoms with van der Waals surface area (Å²) in [7, 11) is 0. The number of anilines is 1. The van der Waals surface area contributed by atoms with Gasteiger partial charge in [0.25, 0.3) is 0 Å². The van der Waals surface area contributed by atoms with Crippen LogP contribution in [-0.2, 0) is 4.74 Å². The van der Waals surface area contributed by atoms with Crippen molar-refractivity contribution in [2.45, 2.75) is 0 Å². The lowest BCUT2D eigenvalue weighted by Gasteiger charge is -2.09. The van der Waals surface area contributed by atoms with E-state index in [9.17, 15) is 9.59 Å². The molecule has 96 valence electrons. The molecule has 0 atom stereocenters. The summed E-state index contributed by atoms with van der Waals surface area (Å²) in [5, 5.41) is 11.7. The number of hydrogen-bond donors (Lipinski definition) is 2. The minimum Gasteiger partial charge on any atom is -0.478 e. The second-order valence-corrected chi connectivity index (χ2v) is 4.70. The number of nitrogens with one attached hydrogen (secondary N) is 1. The van der Waals surface area contributed by atoms with Crippen LogP contribution in [-0.4, -0.2) is 23.8 Å². The highest BCUT2D eigenvalue weighted by molar-refractivity contribution is 14.1. The van der Waals surface area contributed by atoms with Gasteiger partial charge in [0, 0.05) is 3.57 Å². The number of ether oxygens (including phenoxy) is 1. The van der Waals surface area contributed by atoms with Gasteiger partial charge in [-0.15, -0.1) is 0 Å². The van der Waals surface area contributed by atoms with Gasteiger partial charge in [0.2, 0.25) is 0 Å². The summed E-state index contributed by atoms with van der Waals surface area (Å²) in [6.45, 7) is 3.42. The van der Waals surface area contributed by atoms with Crippen LogP contribution in [0.5, 0.6) is 0 Å². The topological polar surface area (TPSA) is 75.6 Å². The fourth-order valence-electron chi connectivity index (χ4n) is 1.11. The van der Waals surface area contributed by atoms with Crippen molar-refractivity contribution in [1.29, 1.82) is 0 Å². The molecule has 0 aliphatic heterocycles. The molecule has 18 heavy (non-hydrogen) atoms. The average Bonchev–Trinajstić information content (AvgIpc) is 2.30. The fourth-order valence-corrected chi connectivity index (χ4v) is 1.74. The third-order valence-electron chi connectivity index (χ3n) is 1.86. The molecule has 0 aromatic heterocycles. The van der Waals surface area contributed by atoms with Crippen LogP contribution in [0.1, 0.15) is 10.4 Å². The molecule has 0 saturated carbocycles. The van der Waals surface area contributed by atoms with E-state index < -0.39 is 12.1 Å². The Balaban J connectivity index is 3.00. The Morgan fingerprint density at radius 1 is 1.56 bits per heavy atom. The number of carboxylic acid groups (broad SMARTS) is 1. The molecule has 1 rings (SSSR count). The van der Waals surface area contributed by atoms with Crippen LogP contribution < -0.4 is 5.32 Å². The fraction of sp³-hybridized carbons (Fsp3) is 0.0909. The molecule has 0 heterocycles. The Morgan fingerprint density at radius 2 is 2.22 bits per heavy atom. The van der Waals surface area contributed by atoms with E-state index in [2.05, 4.69) is 11.9 Å². The highest BCUT2D eigenvalue weighted by Crippen LogP contribution is 2.27. The van der Waals surface area contributed by atoms with Gasteiger partial charge in [0.15, 0.2) is 0 Å². The number of carbonyl (C=O) groups excluding carboxylic acids is 1. The molecule has 1 aromatic carbocycles. The van der Waals surface area contributed by atoms with Gasteiger partial charge in [-0.3, -0.25) is 5.32 Å². The van der Waals surface area contributed by atoms with Gasteiger partial charge in [-0.1, -0.05) is 24.3 Å². The smallest absolute Gasteiger partial charge is 0.411 e. The molecule has 0 fully saturated rings. The monoisotopic (exact) mass is 381 g/mol. The largest absolute Gasteiger partial charge is 0.478 e. The maximum atomic E-state index is 11.3. The lowest BCUT2D eigenvalue weighted by atomic mass is 10.2. The number of amides is 1. The summed E-state index contributed by atoms with van der Waals surface area (Å²) in [6, 6.07) is 2.73. The Labute approximate surface area is 122 Å². The standard InChI is InChI=1S/C11H9ClINO4/c1-2-3-18-11(17)14-9-5-7(12)8(13)4-6(9)10(15)16/h2,4-5H,1,3H2,(H,14,17)(H,15,16). The van der Waals surface area contributed by atoms with Crippen molar-refractivity contribution in [3.8, 4) is 0 Å². The van der Waals surface area contributed by atoms with Crippen molar-refractivity contribution in [2.75, 3.05) is 11.9 Å². The minimum absolute atomic E-state index is 0.0341. The van der Waals surface area contributed by atoms with E-state index in [1.54, 1.807) is 0 Å². The zero-order chi connectivity index (χ0) is 13.7. The Bertz CT molecular complexity index is 504. The molecule has 0 bridgehead atoms. The van der Waals surface area contributed by atoms with Crippen molar-refractivity contribution < 1.29 is 19.4 Å². The van der Waals surface area contributed by atoms with Crippen molar-refractivity contribution in [1.82, 2.24) is 0 Å². The molecule has 0 radical (unpaired) electrons. The minimum atomic E-state index is -1.16. The summed E-state index contributed by atoms with van der Waals surface area (Å²) in [4.78, 5) is 22.3. The van der Waals surface area contributed by atoms with Gasteiger partial charge in [0.05, 0.1) is 16.3 Å². The molecular formula is C11H9ClINO4. The summed E-state index contributed by atoms with van der Waals surface area (Å²) in [5.74, 6) is -1.16. The molecule has 1 aromatic rings. The molecule has 0 spiro atoms. The quantitative estimate of drug-likeness (QED) is 0.619. The zero-order valence-electron chi connectivity index (χ0n) is 9.07. The van der Waals surface area contributed by atoms with Crippen molar-refractivity contribution in [2.24, 2.45) is 0 Å². The second kappa shape index (κ2) is 6.60. The molecular weight excluding hydrogens is 372 g/mol. The van der Waals surface area contributed by atoms with E-state index in [1.165, 1.54) is 18.2 Å². The van der Waals surface area contributed by atoms with E-state index in [0.717, 1.165) is 0 Å². The summed E-state index contributed by atoms with van der Waals surface area (Å²) in [5.41, 5.74) is 0.0290. The third-order valence-corrected chi connectivity index (χ3v) is 3.38. The molecule has 2 N–H and O–H groups in total. The van der Waals surface area contributed by atoms with E-state index in [4.69, 9.17) is 21.4 Å². The normalized spacial score (nSPS) is 9.67. The highest BCUT2D eigenvalue weighted by Gasteiger charge is 2.15. The van der Waals surface area contributed by atoms with E-state index in [-0.39, 0.29) is 17.9 Å². The van der Waals surface area contributed by atoms with Crippen molar-refractivity contribution in [3.05, 3.63) is 38.9 Å². The third kappa shape index (κ3) is 3.88. The number of carbonyl (C=O) groups is 2. The van der Waals surface area contributed by atoms with Crippen LogP contribution in [0.4, 0.5) is 10.5 Å². The van der Waals surface area contributed by atoms with Crippen LogP contribution in [0.3, 0.4) is 0 Å². The molecule has 0 aliphatic carbocycles.